The van der Waals surface area contributed by atoms with Crippen LogP contribution in [0.25, 0.3) is 10.9 Å². The summed E-state index contributed by atoms with van der Waals surface area (Å²) in [4.78, 5) is 4.45. The minimum Gasteiger partial charge on any atom is -0.379 e. The second kappa shape index (κ2) is 8.32. The van der Waals surface area contributed by atoms with Crippen molar-refractivity contribution in [3.63, 3.8) is 0 Å². The topological polar surface area (TPSA) is 34.1 Å². The van der Waals surface area contributed by atoms with E-state index < -0.39 is 0 Å². The fraction of sp³-hybridized carbons (Fsp3) is 0.471. The Hall–Kier alpha value is -1.16. The molecule has 0 aliphatic carbocycles. The van der Waals surface area contributed by atoms with E-state index in [0.29, 0.717) is 6.10 Å². The second-order valence-corrected chi connectivity index (χ2v) is 5.82. The molecule has 0 fully saturated rings. The third-order valence-corrected chi connectivity index (χ3v) is 3.64. The van der Waals surface area contributed by atoms with Crippen LogP contribution in [0, 0.1) is 0 Å². The van der Waals surface area contributed by atoms with Crippen LogP contribution in [0.4, 0.5) is 0 Å². The predicted molar refractivity (Wildman–Crippen MR) is 88.8 cm³/mol. The maximum absolute atomic E-state index is 6.20. The van der Waals surface area contributed by atoms with Crippen molar-refractivity contribution in [1.29, 1.82) is 0 Å². The van der Waals surface area contributed by atoms with Crippen molar-refractivity contribution in [2.24, 2.45) is 0 Å². The van der Waals surface area contributed by atoms with Crippen LogP contribution >= 0.6 is 11.6 Å². The maximum atomic E-state index is 6.20. The first kappa shape index (κ1) is 16.2. The summed E-state index contributed by atoms with van der Waals surface area (Å²) < 4.78 is 5.53. The summed E-state index contributed by atoms with van der Waals surface area (Å²) in [6, 6.07) is 7.92. The Balaban J connectivity index is 1.80. The van der Waals surface area contributed by atoms with Gasteiger partial charge in [-0.25, -0.2) is 0 Å². The maximum Gasteiger partial charge on any atom is 0.0761 e. The Morgan fingerprint density at radius 2 is 2.10 bits per heavy atom. The van der Waals surface area contributed by atoms with Crippen molar-refractivity contribution in [2.45, 2.75) is 39.3 Å². The molecule has 0 unspecified atom stereocenters. The molecular formula is C17H23ClN2O. The van der Waals surface area contributed by atoms with Gasteiger partial charge in [-0.1, -0.05) is 17.7 Å². The van der Waals surface area contributed by atoms with Gasteiger partial charge in [-0.3, -0.25) is 4.98 Å². The monoisotopic (exact) mass is 306 g/mol. The fourth-order valence-electron chi connectivity index (χ4n) is 2.23. The van der Waals surface area contributed by atoms with Crippen molar-refractivity contribution >= 4 is 22.5 Å². The average Bonchev–Trinajstić information content (AvgIpc) is 2.48. The molecule has 114 valence electrons. The molecule has 0 aliphatic heterocycles. The zero-order chi connectivity index (χ0) is 15.1. The first-order valence-corrected chi connectivity index (χ1v) is 7.90. The molecule has 1 heterocycles. The molecule has 0 aliphatic rings. The van der Waals surface area contributed by atoms with Crippen LogP contribution in [0.3, 0.4) is 0 Å². The number of ether oxygens (including phenoxy) is 1. The molecule has 21 heavy (non-hydrogen) atoms. The molecule has 2 rings (SSSR count). The van der Waals surface area contributed by atoms with Crippen molar-refractivity contribution < 1.29 is 4.74 Å². The Bertz CT molecular complexity index is 572. The van der Waals surface area contributed by atoms with Crippen LogP contribution in [0.1, 0.15) is 32.3 Å². The first-order chi connectivity index (χ1) is 10.2. The summed E-state index contributed by atoms with van der Waals surface area (Å²) in [5.41, 5.74) is 2.18. The highest BCUT2D eigenvalue weighted by molar-refractivity contribution is 6.35. The van der Waals surface area contributed by atoms with Gasteiger partial charge in [0.2, 0.25) is 0 Å². The lowest BCUT2D eigenvalue weighted by Gasteiger charge is -2.09. The quantitative estimate of drug-likeness (QED) is 0.743. The molecule has 0 bridgehead atoms. The molecule has 0 amide bonds. The summed E-state index contributed by atoms with van der Waals surface area (Å²) in [5.74, 6) is 0. The van der Waals surface area contributed by atoms with Crippen LogP contribution in [0.5, 0.6) is 0 Å². The number of aromatic nitrogens is 1. The van der Waals surface area contributed by atoms with Gasteiger partial charge < -0.3 is 10.1 Å². The highest BCUT2D eigenvalue weighted by atomic mass is 35.5. The molecular weight excluding hydrogens is 284 g/mol. The number of fused-ring (bicyclic) bond motifs is 1. The molecule has 1 N–H and O–H groups in total. The lowest BCUT2D eigenvalue weighted by Crippen LogP contribution is -2.16. The van der Waals surface area contributed by atoms with E-state index in [1.54, 1.807) is 0 Å². The Morgan fingerprint density at radius 1 is 1.24 bits per heavy atom. The van der Waals surface area contributed by atoms with E-state index in [4.69, 9.17) is 16.3 Å². The predicted octanol–water partition coefficient (Wildman–Crippen LogP) is 4.18. The number of nitrogens with one attached hydrogen (secondary N) is 1. The third kappa shape index (κ3) is 4.95. The highest BCUT2D eigenvalue weighted by Crippen LogP contribution is 2.24. The molecule has 0 saturated heterocycles. The van der Waals surface area contributed by atoms with Crippen molar-refractivity contribution in [3.05, 3.63) is 41.0 Å². The molecule has 1 aromatic carbocycles. The summed E-state index contributed by atoms with van der Waals surface area (Å²) in [6.07, 6.45) is 4.34. The van der Waals surface area contributed by atoms with E-state index in [1.165, 1.54) is 5.56 Å². The highest BCUT2D eigenvalue weighted by Gasteiger charge is 2.05. The zero-order valence-electron chi connectivity index (χ0n) is 12.7. The van der Waals surface area contributed by atoms with Gasteiger partial charge in [0, 0.05) is 29.8 Å². The molecule has 3 nitrogen and oxygen atoms in total. The van der Waals surface area contributed by atoms with Gasteiger partial charge in [0.25, 0.3) is 0 Å². The van der Waals surface area contributed by atoms with Crippen LogP contribution < -0.4 is 5.32 Å². The van der Waals surface area contributed by atoms with Gasteiger partial charge >= 0.3 is 0 Å². The summed E-state index contributed by atoms with van der Waals surface area (Å²) in [7, 11) is 0. The fourth-order valence-corrected chi connectivity index (χ4v) is 2.45. The lowest BCUT2D eigenvalue weighted by molar-refractivity contribution is 0.0760. The minimum atomic E-state index is 0.324. The summed E-state index contributed by atoms with van der Waals surface area (Å²) >= 11 is 6.20. The van der Waals surface area contributed by atoms with Crippen molar-refractivity contribution in [1.82, 2.24) is 10.3 Å². The molecule has 2 aromatic rings. The number of halogens is 1. The SMILES string of the molecule is CC(C)OCCCCNCc1ccc(Cl)c2cccnc12. The smallest absolute Gasteiger partial charge is 0.0761 e. The standard InChI is InChI=1S/C17H23ClN2O/c1-13(2)21-11-4-3-9-19-12-14-7-8-16(18)15-6-5-10-20-17(14)15/h5-8,10,13,19H,3-4,9,11-12H2,1-2H3. The van der Waals surface area contributed by atoms with Gasteiger partial charge in [-0.15, -0.1) is 0 Å². The van der Waals surface area contributed by atoms with E-state index in [1.807, 2.05) is 30.5 Å². The minimum absolute atomic E-state index is 0.324. The van der Waals surface area contributed by atoms with Gasteiger partial charge in [-0.2, -0.15) is 0 Å². The number of nitrogens with zero attached hydrogens (tertiary/aromatic N) is 1. The number of rotatable bonds is 8. The summed E-state index contributed by atoms with van der Waals surface area (Å²) in [6.45, 7) is 6.77. The molecule has 0 radical (unpaired) electrons. The lowest BCUT2D eigenvalue weighted by atomic mass is 10.1. The van der Waals surface area contributed by atoms with E-state index >= 15 is 0 Å². The number of unbranched alkanes of at least 4 members (excludes halogenated alkanes) is 1. The Labute approximate surface area is 131 Å². The third-order valence-electron chi connectivity index (χ3n) is 3.31. The van der Waals surface area contributed by atoms with Gasteiger partial charge in [0.15, 0.2) is 0 Å². The zero-order valence-corrected chi connectivity index (χ0v) is 13.5. The Morgan fingerprint density at radius 3 is 2.90 bits per heavy atom. The number of benzene rings is 1. The molecule has 1 aromatic heterocycles. The second-order valence-electron chi connectivity index (χ2n) is 5.41. The van der Waals surface area contributed by atoms with E-state index in [-0.39, 0.29) is 0 Å². The number of pyridine rings is 1. The average molecular weight is 307 g/mol. The van der Waals surface area contributed by atoms with E-state index in [0.717, 1.165) is 48.5 Å². The number of hydrogen-bond donors (Lipinski definition) is 1. The van der Waals surface area contributed by atoms with Gasteiger partial charge in [0.05, 0.1) is 11.6 Å². The van der Waals surface area contributed by atoms with Gasteiger partial charge in [-0.05, 0) is 57.0 Å². The first-order valence-electron chi connectivity index (χ1n) is 7.53. The normalized spacial score (nSPS) is 11.4. The van der Waals surface area contributed by atoms with E-state index in [2.05, 4.69) is 24.1 Å². The van der Waals surface area contributed by atoms with Crippen LogP contribution in [0.15, 0.2) is 30.5 Å². The molecule has 4 heteroatoms. The molecule has 0 saturated carbocycles. The largest absolute Gasteiger partial charge is 0.379 e. The van der Waals surface area contributed by atoms with Crippen molar-refractivity contribution in [3.8, 4) is 0 Å². The number of hydrogen-bond acceptors (Lipinski definition) is 3. The van der Waals surface area contributed by atoms with E-state index in [9.17, 15) is 0 Å². The Kier molecular flexibility index (Phi) is 6.43. The van der Waals surface area contributed by atoms with Gasteiger partial charge in [0.1, 0.15) is 0 Å². The van der Waals surface area contributed by atoms with Crippen LogP contribution in [-0.4, -0.2) is 24.2 Å². The molecule has 0 atom stereocenters. The summed E-state index contributed by atoms with van der Waals surface area (Å²) in [5, 5.41) is 5.24. The van der Waals surface area contributed by atoms with Crippen LogP contribution in [0.2, 0.25) is 5.02 Å². The van der Waals surface area contributed by atoms with Crippen molar-refractivity contribution in [2.75, 3.05) is 13.2 Å². The van der Waals surface area contributed by atoms with Crippen LogP contribution in [-0.2, 0) is 11.3 Å². The molecule has 0 spiro atoms.